The van der Waals surface area contributed by atoms with Crippen molar-refractivity contribution >= 4 is 18.5 Å². The molecule has 4 heteroatoms. The van der Waals surface area contributed by atoms with E-state index in [-0.39, 0.29) is 17.1 Å². The van der Waals surface area contributed by atoms with Gasteiger partial charge >= 0.3 is 0 Å². The van der Waals surface area contributed by atoms with Crippen LogP contribution in [-0.2, 0) is 9.53 Å². The molecule has 3 nitrogen and oxygen atoms in total. The maximum atomic E-state index is 11.5. The Morgan fingerprint density at radius 3 is 2.38 bits per heavy atom. The van der Waals surface area contributed by atoms with Crippen molar-refractivity contribution in [3.05, 3.63) is 0 Å². The van der Waals surface area contributed by atoms with Gasteiger partial charge in [-0.05, 0) is 18.3 Å². The average Bonchev–Trinajstić information content (AvgIpc) is 2.21. The van der Waals surface area contributed by atoms with Gasteiger partial charge in [-0.25, -0.2) is 0 Å². The fraction of sp³-hybridized carbons (Fsp3) is 0.917. The molecule has 0 spiro atoms. The zero-order chi connectivity index (χ0) is 12.6. The van der Waals surface area contributed by atoms with Crippen LogP contribution in [0.1, 0.15) is 34.1 Å². The van der Waals surface area contributed by atoms with Gasteiger partial charge in [-0.15, -0.1) is 0 Å². The lowest BCUT2D eigenvalue weighted by Gasteiger charge is -2.14. The van der Waals surface area contributed by atoms with Gasteiger partial charge in [0.1, 0.15) is 0 Å². The van der Waals surface area contributed by atoms with E-state index in [0.717, 1.165) is 13.0 Å². The highest BCUT2D eigenvalue weighted by atomic mass is 32.1. The number of hydrogen-bond acceptors (Lipinski definition) is 3. The Labute approximate surface area is 105 Å². The highest BCUT2D eigenvalue weighted by Gasteiger charge is 2.16. The van der Waals surface area contributed by atoms with Gasteiger partial charge in [0, 0.05) is 13.2 Å². The van der Waals surface area contributed by atoms with Gasteiger partial charge in [0.2, 0.25) is 5.91 Å². The first-order valence-electron chi connectivity index (χ1n) is 5.98. The molecule has 0 bridgehead atoms. The summed E-state index contributed by atoms with van der Waals surface area (Å²) in [5.74, 6) is 0.910. The Morgan fingerprint density at radius 1 is 1.25 bits per heavy atom. The smallest absolute Gasteiger partial charge is 0.233 e. The Bertz CT molecular complexity index is 195. The summed E-state index contributed by atoms with van der Waals surface area (Å²) in [4.78, 5) is 11.5. The number of rotatable bonds is 8. The molecule has 0 aromatic heterocycles. The summed E-state index contributed by atoms with van der Waals surface area (Å²) in [7, 11) is 0. The highest BCUT2D eigenvalue weighted by molar-refractivity contribution is 7.81. The van der Waals surface area contributed by atoms with E-state index >= 15 is 0 Å². The van der Waals surface area contributed by atoms with Gasteiger partial charge < -0.3 is 10.1 Å². The van der Waals surface area contributed by atoms with Crippen LogP contribution in [-0.4, -0.2) is 30.9 Å². The van der Waals surface area contributed by atoms with Crippen LogP contribution in [0, 0.1) is 11.8 Å². The molecule has 0 rings (SSSR count). The van der Waals surface area contributed by atoms with Crippen LogP contribution in [0.4, 0.5) is 0 Å². The summed E-state index contributed by atoms with van der Waals surface area (Å²) in [5.41, 5.74) is 0. The molecule has 0 aliphatic carbocycles. The van der Waals surface area contributed by atoms with Crippen LogP contribution in [0.2, 0.25) is 0 Å². The van der Waals surface area contributed by atoms with E-state index in [2.05, 4.69) is 31.8 Å². The summed E-state index contributed by atoms with van der Waals surface area (Å²) >= 11 is 4.24. The van der Waals surface area contributed by atoms with Crippen molar-refractivity contribution in [2.75, 3.05) is 19.8 Å². The minimum Gasteiger partial charge on any atom is -0.380 e. The first-order chi connectivity index (χ1) is 7.45. The lowest BCUT2D eigenvalue weighted by atomic mass is 10.1. The van der Waals surface area contributed by atoms with E-state index in [1.807, 2.05) is 13.8 Å². The minimum absolute atomic E-state index is 0.00853. The summed E-state index contributed by atoms with van der Waals surface area (Å²) in [6.07, 6.45) is 1.06. The molecule has 0 heterocycles. The molecule has 0 radical (unpaired) electrons. The van der Waals surface area contributed by atoms with Crippen LogP contribution >= 0.6 is 12.6 Å². The summed E-state index contributed by atoms with van der Waals surface area (Å²) in [6, 6.07) is 0. The summed E-state index contributed by atoms with van der Waals surface area (Å²) < 4.78 is 5.40. The third-order valence-electron chi connectivity index (χ3n) is 2.29. The van der Waals surface area contributed by atoms with Crippen LogP contribution in [0.5, 0.6) is 0 Å². The standard InChI is InChI=1S/C12H25NO2S/c1-9(2)5-7-15-8-6-13-12(14)11(16)10(3)4/h9-11,16H,5-8H2,1-4H3,(H,13,14). The molecule has 96 valence electrons. The van der Waals surface area contributed by atoms with Crippen molar-refractivity contribution in [1.29, 1.82) is 0 Å². The molecule has 0 saturated heterocycles. The van der Waals surface area contributed by atoms with E-state index in [9.17, 15) is 4.79 Å². The predicted molar refractivity (Wildman–Crippen MR) is 70.9 cm³/mol. The maximum Gasteiger partial charge on any atom is 0.233 e. The molecule has 1 amide bonds. The lowest BCUT2D eigenvalue weighted by molar-refractivity contribution is -0.121. The van der Waals surface area contributed by atoms with E-state index < -0.39 is 0 Å². The van der Waals surface area contributed by atoms with E-state index in [4.69, 9.17) is 4.74 Å². The Hall–Kier alpha value is -0.220. The molecule has 1 unspecified atom stereocenters. The zero-order valence-corrected chi connectivity index (χ0v) is 11.7. The topological polar surface area (TPSA) is 38.3 Å². The summed E-state index contributed by atoms with van der Waals surface area (Å²) in [6.45, 7) is 10.2. The Kier molecular flexibility index (Phi) is 8.76. The molecule has 0 aromatic rings. The largest absolute Gasteiger partial charge is 0.380 e. The van der Waals surface area contributed by atoms with Gasteiger partial charge in [0.15, 0.2) is 0 Å². The predicted octanol–water partition coefficient (Wildman–Crippen LogP) is 2.12. The second kappa shape index (κ2) is 8.88. The molecule has 0 aliphatic heterocycles. The quantitative estimate of drug-likeness (QED) is 0.509. The highest BCUT2D eigenvalue weighted by Crippen LogP contribution is 2.08. The van der Waals surface area contributed by atoms with Crippen LogP contribution < -0.4 is 5.32 Å². The molecule has 0 fully saturated rings. The van der Waals surface area contributed by atoms with Crippen molar-refractivity contribution in [3.8, 4) is 0 Å². The summed E-state index contributed by atoms with van der Waals surface area (Å²) in [5, 5.41) is 2.59. The number of carbonyl (C=O) groups is 1. The van der Waals surface area contributed by atoms with E-state index in [1.165, 1.54) is 0 Å². The minimum atomic E-state index is -0.226. The molecular formula is C12H25NO2S. The first-order valence-corrected chi connectivity index (χ1v) is 6.50. The van der Waals surface area contributed by atoms with Crippen LogP contribution in [0.15, 0.2) is 0 Å². The first kappa shape index (κ1) is 15.8. The molecule has 16 heavy (non-hydrogen) atoms. The van der Waals surface area contributed by atoms with E-state index in [0.29, 0.717) is 19.1 Å². The molecule has 1 N–H and O–H groups in total. The zero-order valence-electron chi connectivity index (χ0n) is 10.8. The van der Waals surface area contributed by atoms with Gasteiger partial charge in [-0.3, -0.25) is 4.79 Å². The number of thiol groups is 1. The van der Waals surface area contributed by atoms with Crippen molar-refractivity contribution in [2.24, 2.45) is 11.8 Å². The second-order valence-electron chi connectivity index (χ2n) is 4.77. The van der Waals surface area contributed by atoms with Crippen LogP contribution in [0.25, 0.3) is 0 Å². The third-order valence-corrected chi connectivity index (χ3v) is 3.12. The normalized spacial score (nSPS) is 13.2. The molecule has 0 aromatic carbocycles. The fourth-order valence-electron chi connectivity index (χ4n) is 1.07. The van der Waals surface area contributed by atoms with Gasteiger partial charge in [0.05, 0.1) is 11.9 Å². The SMILES string of the molecule is CC(C)CCOCCNC(=O)C(S)C(C)C. The number of carbonyl (C=O) groups excluding carboxylic acids is 1. The molecular weight excluding hydrogens is 222 g/mol. The van der Waals surface area contributed by atoms with Gasteiger partial charge in [-0.2, -0.15) is 12.6 Å². The maximum absolute atomic E-state index is 11.5. The molecule has 0 aliphatic rings. The monoisotopic (exact) mass is 247 g/mol. The van der Waals surface area contributed by atoms with Crippen molar-refractivity contribution in [1.82, 2.24) is 5.32 Å². The van der Waals surface area contributed by atoms with Crippen molar-refractivity contribution in [2.45, 2.75) is 39.4 Å². The van der Waals surface area contributed by atoms with Crippen molar-refractivity contribution in [3.63, 3.8) is 0 Å². The number of ether oxygens (including phenoxy) is 1. The lowest BCUT2D eigenvalue weighted by Crippen LogP contribution is -2.36. The number of amides is 1. The Morgan fingerprint density at radius 2 is 1.88 bits per heavy atom. The number of nitrogens with one attached hydrogen (secondary N) is 1. The van der Waals surface area contributed by atoms with Crippen molar-refractivity contribution < 1.29 is 9.53 Å². The average molecular weight is 247 g/mol. The molecule has 1 atom stereocenters. The molecule has 0 saturated carbocycles. The fourth-order valence-corrected chi connectivity index (χ4v) is 1.17. The second-order valence-corrected chi connectivity index (χ2v) is 5.33. The Balaban J connectivity index is 3.41. The third kappa shape index (κ3) is 7.99. The van der Waals surface area contributed by atoms with E-state index in [1.54, 1.807) is 0 Å². The number of hydrogen-bond donors (Lipinski definition) is 2. The van der Waals surface area contributed by atoms with Crippen LogP contribution in [0.3, 0.4) is 0 Å². The van der Waals surface area contributed by atoms with Gasteiger partial charge in [-0.1, -0.05) is 27.7 Å². The van der Waals surface area contributed by atoms with Gasteiger partial charge in [0.25, 0.3) is 0 Å².